The summed E-state index contributed by atoms with van der Waals surface area (Å²) in [5.74, 6) is 0.155. The fourth-order valence-electron chi connectivity index (χ4n) is 1.86. The summed E-state index contributed by atoms with van der Waals surface area (Å²) in [5.41, 5.74) is 0.797. The second-order valence-corrected chi connectivity index (χ2v) is 7.25. The van der Waals surface area contributed by atoms with E-state index in [-0.39, 0.29) is 16.6 Å². The smallest absolute Gasteiger partial charge is 0.238 e. The van der Waals surface area contributed by atoms with Crippen LogP contribution in [0.2, 0.25) is 0 Å². The van der Waals surface area contributed by atoms with Crippen molar-refractivity contribution in [3.8, 4) is 0 Å². The van der Waals surface area contributed by atoms with E-state index in [0.717, 1.165) is 17.3 Å². The van der Waals surface area contributed by atoms with Gasteiger partial charge in [-0.05, 0) is 24.6 Å². The van der Waals surface area contributed by atoms with Crippen molar-refractivity contribution in [3.05, 3.63) is 42.2 Å². The van der Waals surface area contributed by atoms with Gasteiger partial charge in [0, 0.05) is 25.5 Å². The Morgan fingerprint density at radius 1 is 1.35 bits per heavy atom. The Bertz CT molecular complexity index is 770. The monoisotopic (exact) mass is 354 g/mol. The van der Waals surface area contributed by atoms with Gasteiger partial charge in [-0.1, -0.05) is 23.9 Å². The van der Waals surface area contributed by atoms with Crippen molar-refractivity contribution in [2.75, 3.05) is 5.75 Å². The summed E-state index contributed by atoms with van der Waals surface area (Å²) in [7, 11) is -3.69. The highest BCUT2D eigenvalue weighted by molar-refractivity contribution is 7.99. The number of nitrogens with two attached hydrogens (primary N) is 1. The zero-order valence-corrected chi connectivity index (χ0v) is 14.2. The van der Waals surface area contributed by atoms with Crippen LogP contribution >= 0.6 is 11.8 Å². The van der Waals surface area contributed by atoms with Crippen molar-refractivity contribution in [2.24, 2.45) is 5.14 Å². The molecule has 0 saturated heterocycles. The largest absolute Gasteiger partial charge is 0.351 e. The van der Waals surface area contributed by atoms with Gasteiger partial charge in [0.1, 0.15) is 0 Å². The molecule has 0 bridgehead atoms. The SMILES string of the molecule is CCn1ccnc1SCC(=O)NCc1ccc(S(N)(=O)=O)cc1. The molecule has 1 aromatic carbocycles. The van der Waals surface area contributed by atoms with Gasteiger partial charge >= 0.3 is 0 Å². The van der Waals surface area contributed by atoms with E-state index in [1.165, 1.54) is 23.9 Å². The number of amides is 1. The lowest BCUT2D eigenvalue weighted by molar-refractivity contribution is -0.118. The maximum atomic E-state index is 11.9. The number of carbonyl (C=O) groups excluding carboxylic acids is 1. The quantitative estimate of drug-likeness (QED) is 0.720. The molecule has 23 heavy (non-hydrogen) atoms. The Morgan fingerprint density at radius 2 is 2.04 bits per heavy atom. The molecule has 7 nitrogen and oxygen atoms in total. The molecule has 0 fully saturated rings. The highest BCUT2D eigenvalue weighted by Crippen LogP contribution is 2.15. The summed E-state index contributed by atoms with van der Waals surface area (Å²) in [4.78, 5) is 16.1. The predicted octanol–water partition coefficient (Wildman–Crippen LogP) is 0.959. The van der Waals surface area contributed by atoms with Crippen LogP contribution in [0.1, 0.15) is 12.5 Å². The molecule has 0 aliphatic heterocycles. The van der Waals surface area contributed by atoms with Gasteiger partial charge in [-0.3, -0.25) is 4.79 Å². The molecule has 124 valence electrons. The first-order valence-corrected chi connectivity index (χ1v) is 9.45. The third kappa shape index (κ3) is 5.08. The highest BCUT2D eigenvalue weighted by Gasteiger charge is 2.09. The van der Waals surface area contributed by atoms with E-state index >= 15 is 0 Å². The van der Waals surface area contributed by atoms with Gasteiger partial charge in [-0.25, -0.2) is 18.5 Å². The van der Waals surface area contributed by atoms with Gasteiger partial charge in [0.05, 0.1) is 10.6 Å². The van der Waals surface area contributed by atoms with Crippen molar-refractivity contribution >= 4 is 27.7 Å². The van der Waals surface area contributed by atoms with E-state index in [1.54, 1.807) is 18.3 Å². The number of aromatic nitrogens is 2. The number of carbonyl (C=O) groups is 1. The molecule has 2 aromatic rings. The van der Waals surface area contributed by atoms with Crippen LogP contribution < -0.4 is 10.5 Å². The maximum Gasteiger partial charge on any atom is 0.238 e. The Morgan fingerprint density at radius 3 is 2.65 bits per heavy atom. The van der Waals surface area contributed by atoms with Crippen molar-refractivity contribution in [2.45, 2.75) is 30.1 Å². The topological polar surface area (TPSA) is 107 Å². The van der Waals surface area contributed by atoms with Crippen LogP contribution in [0.3, 0.4) is 0 Å². The predicted molar refractivity (Wildman–Crippen MR) is 88.3 cm³/mol. The maximum absolute atomic E-state index is 11.9. The summed E-state index contributed by atoms with van der Waals surface area (Å²) < 4.78 is 24.3. The average molecular weight is 354 g/mol. The number of thioether (sulfide) groups is 1. The lowest BCUT2D eigenvalue weighted by Crippen LogP contribution is -2.24. The van der Waals surface area contributed by atoms with Crippen LogP contribution in [0, 0.1) is 0 Å². The minimum Gasteiger partial charge on any atom is -0.351 e. The van der Waals surface area contributed by atoms with Gasteiger partial charge in [0.25, 0.3) is 0 Å². The Labute approximate surface area is 139 Å². The minimum absolute atomic E-state index is 0.0505. The normalized spacial score (nSPS) is 11.4. The van der Waals surface area contributed by atoms with Crippen LogP contribution in [0.5, 0.6) is 0 Å². The molecule has 0 radical (unpaired) electrons. The van der Waals surface area contributed by atoms with Gasteiger partial charge in [0.15, 0.2) is 5.16 Å². The molecule has 1 heterocycles. The molecule has 3 N–H and O–H groups in total. The summed E-state index contributed by atoms with van der Waals surface area (Å²) in [6.45, 7) is 3.14. The first-order valence-electron chi connectivity index (χ1n) is 6.92. The van der Waals surface area contributed by atoms with Crippen molar-refractivity contribution < 1.29 is 13.2 Å². The molecule has 0 atom stereocenters. The number of hydrogen-bond acceptors (Lipinski definition) is 5. The van der Waals surface area contributed by atoms with Crippen LogP contribution in [0.25, 0.3) is 0 Å². The number of sulfonamides is 1. The highest BCUT2D eigenvalue weighted by atomic mass is 32.2. The Balaban J connectivity index is 1.82. The van der Waals surface area contributed by atoms with Crippen LogP contribution in [0.15, 0.2) is 46.7 Å². The number of primary sulfonamides is 1. The van der Waals surface area contributed by atoms with E-state index < -0.39 is 10.0 Å². The van der Waals surface area contributed by atoms with Gasteiger partial charge in [-0.2, -0.15) is 0 Å². The first-order chi connectivity index (χ1) is 10.9. The average Bonchev–Trinajstić information content (AvgIpc) is 2.98. The Kier molecular flexibility index (Phi) is 5.80. The summed E-state index contributed by atoms with van der Waals surface area (Å²) in [6, 6.07) is 6.08. The zero-order chi connectivity index (χ0) is 16.9. The molecule has 1 amide bonds. The van der Waals surface area contributed by atoms with Crippen LogP contribution in [0.4, 0.5) is 0 Å². The number of imidazole rings is 1. The minimum atomic E-state index is -3.69. The van der Waals surface area contributed by atoms with Crippen molar-refractivity contribution in [1.29, 1.82) is 0 Å². The van der Waals surface area contributed by atoms with Gasteiger partial charge in [-0.15, -0.1) is 0 Å². The van der Waals surface area contributed by atoms with Gasteiger partial charge in [0.2, 0.25) is 15.9 Å². The molecule has 0 aliphatic rings. The first kappa shape index (κ1) is 17.5. The molecule has 2 rings (SSSR count). The number of nitrogens with zero attached hydrogens (tertiary/aromatic N) is 2. The van der Waals surface area contributed by atoms with E-state index in [1.807, 2.05) is 17.7 Å². The van der Waals surface area contributed by atoms with Crippen molar-refractivity contribution in [1.82, 2.24) is 14.9 Å². The summed E-state index contributed by atoms with van der Waals surface area (Å²) >= 11 is 1.37. The third-order valence-electron chi connectivity index (χ3n) is 3.09. The second kappa shape index (κ2) is 7.62. The number of aryl methyl sites for hydroxylation is 1. The van der Waals surface area contributed by atoms with Crippen LogP contribution in [-0.4, -0.2) is 29.6 Å². The molecule has 0 unspecified atom stereocenters. The lowest BCUT2D eigenvalue weighted by atomic mass is 10.2. The number of benzene rings is 1. The van der Waals surface area contributed by atoms with E-state index in [9.17, 15) is 13.2 Å². The standard InChI is InChI=1S/C14H18N4O3S2/c1-2-18-8-7-16-14(18)22-10-13(19)17-9-11-3-5-12(6-4-11)23(15,20)21/h3-8H,2,9-10H2,1H3,(H,17,19)(H2,15,20,21). The van der Waals surface area contributed by atoms with E-state index in [2.05, 4.69) is 10.3 Å². The second-order valence-electron chi connectivity index (χ2n) is 4.75. The van der Waals surface area contributed by atoms with E-state index in [0.29, 0.717) is 6.54 Å². The number of hydrogen-bond donors (Lipinski definition) is 2. The number of rotatable bonds is 7. The fraction of sp³-hybridized carbons (Fsp3) is 0.286. The van der Waals surface area contributed by atoms with Gasteiger partial charge < -0.3 is 9.88 Å². The molecule has 9 heteroatoms. The van der Waals surface area contributed by atoms with E-state index in [4.69, 9.17) is 5.14 Å². The molecule has 0 spiro atoms. The third-order valence-corrected chi connectivity index (χ3v) is 5.03. The summed E-state index contributed by atoms with van der Waals surface area (Å²) in [6.07, 6.45) is 3.57. The molecular formula is C14H18N4O3S2. The molecule has 0 aliphatic carbocycles. The zero-order valence-electron chi connectivity index (χ0n) is 12.6. The van der Waals surface area contributed by atoms with Crippen molar-refractivity contribution in [3.63, 3.8) is 0 Å². The molecule has 1 aromatic heterocycles. The molecule has 0 saturated carbocycles. The van der Waals surface area contributed by atoms with Crippen LogP contribution in [-0.2, 0) is 27.9 Å². The Hall–Kier alpha value is -1.84. The fourth-order valence-corrected chi connectivity index (χ4v) is 3.22. The lowest BCUT2D eigenvalue weighted by Gasteiger charge is -2.07. The number of nitrogens with one attached hydrogen (secondary N) is 1. The molecular weight excluding hydrogens is 336 g/mol. The summed E-state index contributed by atoms with van der Waals surface area (Å²) in [5, 5.41) is 8.62.